The minimum Gasteiger partial charge on any atom is -0.377 e. The molecule has 4 rings (SSSR count). The van der Waals surface area contributed by atoms with Crippen molar-refractivity contribution < 1.29 is 18.3 Å². The van der Waals surface area contributed by atoms with Gasteiger partial charge in [-0.05, 0) is 77.3 Å². The minimum atomic E-state index is -4.45. The number of alkyl halides is 3. The Morgan fingerprint density at radius 2 is 1.79 bits per heavy atom. The first-order valence-corrected chi connectivity index (χ1v) is 11.4. The van der Waals surface area contributed by atoms with Gasteiger partial charge in [-0.2, -0.15) is 13.2 Å². The highest BCUT2D eigenvalue weighted by Gasteiger charge is 2.32. The average Bonchev–Trinajstić information content (AvgIpc) is 3.25. The van der Waals surface area contributed by atoms with Gasteiger partial charge in [0.25, 0.3) is 0 Å². The summed E-state index contributed by atoms with van der Waals surface area (Å²) < 4.78 is 39.8. The van der Waals surface area contributed by atoms with Crippen molar-refractivity contribution in [1.82, 2.24) is 15.0 Å². The van der Waals surface area contributed by atoms with E-state index in [0.717, 1.165) is 38.8 Å². The number of aryl methyl sites for hydroxylation is 1. The van der Waals surface area contributed by atoms with Gasteiger partial charge in [0.2, 0.25) is 0 Å². The molecule has 170 valence electrons. The normalized spacial score (nSPS) is 13.5. The number of thiazole rings is 1. The van der Waals surface area contributed by atoms with E-state index < -0.39 is 17.3 Å². The maximum Gasteiger partial charge on any atom is 0.416 e. The third-order valence-corrected chi connectivity index (χ3v) is 6.60. The summed E-state index contributed by atoms with van der Waals surface area (Å²) >= 11 is 4.65. The molecule has 0 spiro atoms. The van der Waals surface area contributed by atoms with E-state index in [1.54, 1.807) is 37.5 Å². The fourth-order valence-corrected chi connectivity index (χ4v) is 4.42. The summed E-state index contributed by atoms with van der Waals surface area (Å²) in [6, 6.07) is 11.0. The summed E-state index contributed by atoms with van der Waals surface area (Å²) in [5, 5.41) is 14.5. The van der Waals surface area contributed by atoms with Crippen LogP contribution in [0.3, 0.4) is 0 Å². The first-order chi connectivity index (χ1) is 15.5. The molecule has 0 saturated carbocycles. The summed E-state index contributed by atoms with van der Waals surface area (Å²) in [4.78, 5) is 13.5. The van der Waals surface area contributed by atoms with Crippen LogP contribution in [0.2, 0.25) is 0 Å². The van der Waals surface area contributed by atoms with Crippen LogP contribution in [0.4, 0.5) is 24.7 Å². The van der Waals surface area contributed by atoms with Crippen LogP contribution in [0.5, 0.6) is 0 Å². The minimum absolute atomic E-state index is 0.0932. The first-order valence-electron chi connectivity index (χ1n) is 9.75. The molecule has 3 heterocycles. The van der Waals surface area contributed by atoms with Crippen molar-refractivity contribution >= 4 is 38.8 Å². The molecule has 10 heteroatoms. The average molecular weight is 535 g/mol. The zero-order valence-corrected chi connectivity index (χ0v) is 19.9. The van der Waals surface area contributed by atoms with Crippen LogP contribution < -0.4 is 5.32 Å². The molecule has 4 aromatic rings. The van der Waals surface area contributed by atoms with Crippen LogP contribution in [0.1, 0.15) is 28.8 Å². The topological polar surface area (TPSA) is 70.9 Å². The van der Waals surface area contributed by atoms with E-state index in [2.05, 4.69) is 36.2 Å². The number of nitrogens with one attached hydrogen (secondary N) is 1. The van der Waals surface area contributed by atoms with Gasteiger partial charge in [0, 0.05) is 28.8 Å². The molecule has 0 amide bonds. The maximum atomic E-state index is 13.0. The second-order valence-corrected chi connectivity index (χ2v) is 9.55. The fourth-order valence-electron chi connectivity index (χ4n) is 3.23. The summed E-state index contributed by atoms with van der Waals surface area (Å²) in [6.07, 6.45) is -0.0561. The molecular formula is C23H18BrF3N4OS. The van der Waals surface area contributed by atoms with Crippen LogP contribution in [0, 0.1) is 6.92 Å². The first kappa shape index (κ1) is 23.3. The zero-order chi connectivity index (χ0) is 23.8. The molecule has 2 N–H and O–H groups in total. The van der Waals surface area contributed by atoms with Gasteiger partial charge in [0.05, 0.1) is 16.1 Å². The van der Waals surface area contributed by atoms with E-state index in [9.17, 15) is 18.3 Å². The molecule has 0 aliphatic carbocycles. The van der Waals surface area contributed by atoms with Crippen molar-refractivity contribution in [2.24, 2.45) is 0 Å². The number of halogens is 4. The van der Waals surface area contributed by atoms with Gasteiger partial charge in [-0.3, -0.25) is 4.98 Å². The molecule has 0 aliphatic rings. The van der Waals surface area contributed by atoms with Crippen LogP contribution in [-0.2, 0) is 11.8 Å². The van der Waals surface area contributed by atoms with Gasteiger partial charge in [0.1, 0.15) is 10.8 Å². The molecule has 3 aromatic heterocycles. The van der Waals surface area contributed by atoms with E-state index in [4.69, 9.17) is 0 Å². The predicted molar refractivity (Wildman–Crippen MR) is 125 cm³/mol. The quantitative estimate of drug-likeness (QED) is 0.298. The molecule has 1 atom stereocenters. The lowest BCUT2D eigenvalue weighted by molar-refractivity contribution is -0.137. The number of aromatic nitrogens is 3. The molecule has 1 unspecified atom stereocenters. The van der Waals surface area contributed by atoms with Gasteiger partial charge in [-0.25, -0.2) is 9.97 Å². The largest absolute Gasteiger partial charge is 0.416 e. The molecule has 0 fully saturated rings. The van der Waals surface area contributed by atoms with Crippen molar-refractivity contribution in [3.05, 3.63) is 87.4 Å². The van der Waals surface area contributed by atoms with Gasteiger partial charge in [-0.15, -0.1) is 11.3 Å². The molecule has 0 saturated heterocycles. The summed E-state index contributed by atoms with van der Waals surface area (Å²) in [5.74, 6) is 0.0932. The smallest absolute Gasteiger partial charge is 0.377 e. The summed E-state index contributed by atoms with van der Waals surface area (Å²) in [7, 11) is 0. The highest BCUT2D eigenvalue weighted by Crippen LogP contribution is 2.37. The SMILES string of the molecule is Cc1cc(Nc2cc(C(F)(F)F)ccn2)cc(-c2cnc(C(C)(O)c3ccc(Br)cn3)s2)c1. The number of pyridine rings is 2. The number of aliphatic hydroxyl groups is 1. The Labute approximate surface area is 200 Å². The maximum absolute atomic E-state index is 13.0. The van der Waals surface area contributed by atoms with Gasteiger partial charge in [-0.1, -0.05) is 6.07 Å². The molecular weight excluding hydrogens is 517 g/mol. The van der Waals surface area contributed by atoms with Gasteiger partial charge < -0.3 is 10.4 Å². The van der Waals surface area contributed by atoms with Crippen molar-refractivity contribution in [2.75, 3.05) is 5.32 Å². The third kappa shape index (κ3) is 5.23. The van der Waals surface area contributed by atoms with Gasteiger partial charge >= 0.3 is 6.18 Å². The third-order valence-electron chi connectivity index (χ3n) is 4.87. The lowest BCUT2D eigenvalue weighted by atomic mass is 10.0. The molecule has 1 aromatic carbocycles. The van der Waals surface area contributed by atoms with Crippen molar-refractivity contribution in [3.8, 4) is 10.4 Å². The van der Waals surface area contributed by atoms with Crippen molar-refractivity contribution in [3.63, 3.8) is 0 Å². The fraction of sp³-hybridized carbons (Fsp3) is 0.174. The Kier molecular flexibility index (Phi) is 6.26. The zero-order valence-electron chi connectivity index (χ0n) is 17.5. The van der Waals surface area contributed by atoms with E-state index in [1.165, 1.54) is 11.3 Å². The Bertz CT molecular complexity index is 1290. The van der Waals surface area contributed by atoms with Crippen LogP contribution >= 0.6 is 27.3 Å². The number of rotatable bonds is 5. The van der Waals surface area contributed by atoms with E-state index in [-0.39, 0.29) is 5.82 Å². The monoisotopic (exact) mass is 534 g/mol. The van der Waals surface area contributed by atoms with Gasteiger partial charge in [0.15, 0.2) is 5.60 Å². The predicted octanol–water partition coefficient (Wildman–Crippen LogP) is 6.69. The van der Waals surface area contributed by atoms with Crippen LogP contribution in [0.25, 0.3) is 10.4 Å². The molecule has 0 aliphatic heterocycles. The molecule has 0 radical (unpaired) electrons. The highest BCUT2D eigenvalue weighted by molar-refractivity contribution is 9.10. The standard InChI is InChI=1S/C23H18BrF3N4OS/c1-13-7-14(9-17(8-13)31-20-10-15(5-6-28-20)23(25,26)27)18-12-30-21(33-18)22(2,32)19-4-3-16(24)11-29-19/h3-12,32H,1-2H3,(H,28,31). The number of anilines is 2. The molecule has 33 heavy (non-hydrogen) atoms. The van der Waals surface area contributed by atoms with Crippen LogP contribution in [-0.4, -0.2) is 20.1 Å². The molecule has 5 nitrogen and oxygen atoms in total. The van der Waals surface area contributed by atoms with E-state index in [0.29, 0.717) is 16.4 Å². The Morgan fingerprint density at radius 3 is 2.48 bits per heavy atom. The molecule has 0 bridgehead atoms. The van der Waals surface area contributed by atoms with E-state index >= 15 is 0 Å². The van der Waals surface area contributed by atoms with Crippen molar-refractivity contribution in [1.29, 1.82) is 0 Å². The lowest BCUT2D eigenvalue weighted by Gasteiger charge is -2.19. The highest BCUT2D eigenvalue weighted by atomic mass is 79.9. The number of hydrogen-bond donors (Lipinski definition) is 2. The number of benzene rings is 1. The second kappa shape index (κ2) is 8.85. The Morgan fingerprint density at radius 1 is 1.00 bits per heavy atom. The van der Waals surface area contributed by atoms with Crippen LogP contribution in [0.15, 0.2) is 65.5 Å². The van der Waals surface area contributed by atoms with E-state index in [1.807, 2.05) is 19.1 Å². The summed E-state index contributed by atoms with van der Waals surface area (Å²) in [5.41, 5.74) is 0.618. The number of nitrogens with zero attached hydrogens (tertiary/aromatic N) is 3. The number of hydrogen-bond acceptors (Lipinski definition) is 6. The Hall–Kier alpha value is -2.82. The lowest BCUT2D eigenvalue weighted by Crippen LogP contribution is -2.23. The summed E-state index contributed by atoms with van der Waals surface area (Å²) in [6.45, 7) is 3.52. The second-order valence-electron chi connectivity index (χ2n) is 7.60. The van der Waals surface area contributed by atoms with Crippen molar-refractivity contribution in [2.45, 2.75) is 25.6 Å². The Balaban J connectivity index is 1.63.